The molecule has 0 aromatic carbocycles. The van der Waals surface area contributed by atoms with Crippen LogP contribution in [0.15, 0.2) is 0 Å². The maximum absolute atomic E-state index is 10.1. The fraction of sp³-hybridized carbons (Fsp3) is 1.00. The molecular formula is C11H24O. The van der Waals surface area contributed by atoms with E-state index >= 15 is 0 Å². The first-order chi connectivity index (χ1) is 5.27. The summed E-state index contributed by atoms with van der Waals surface area (Å²) >= 11 is 0. The van der Waals surface area contributed by atoms with E-state index < -0.39 is 5.60 Å². The Bertz CT molecular complexity index is 125. The Kier molecular flexibility index (Phi) is 4.25. The van der Waals surface area contributed by atoms with Gasteiger partial charge in [0.2, 0.25) is 0 Å². The zero-order valence-electron chi connectivity index (χ0n) is 9.39. The summed E-state index contributed by atoms with van der Waals surface area (Å²) < 4.78 is 0. The summed E-state index contributed by atoms with van der Waals surface area (Å²) in [5.41, 5.74) is -0.498. The van der Waals surface area contributed by atoms with Crippen LogP contribution < -0.4 is 0 Å². The molecule has 0 aliphatic rings. The van der Waals surface area contributed by atoms with Gasteiger partial charge in [0, 0.05) is 0 Å². The molecule has 0 spiro atoms. The van der Waals surface area contributed by atoms with Gasteiger partial charge in [0.25, 0.3) is 0 Å². The van der Waals surface area contributed by atoms with Gasteiger partial charge in [0.15, 0.2) is 0 Å². The van der Waals surface area contributed by atoms with Gasteiger partial charge in [0.1, 0.15) is 0 Å². The van der Waals surface area contributed by atoms with Crippen LogP contribution in [-0.4, -0.2) is 10.7 Å². The number of hydrogen-bond acceptors (Lipinski definition) is 1. The van der Waals surface area contributed by atoms with Gasteiger partial charge in [-0.1, -0.05) is 34.6 Å². The third-order valence-electron chi connectivity index (χ3n) is 2.80. The van der Waals surface area contributed by atoms with Crippen LogP contribution in [0.4, 0.5) is 0 Å². The lowest BCUT2D eigenvalue weighted by Gasteiger charge is -2.34. The second-order valence-corrected chi connectivity index (χ2v) is 4.99. The standard InChI is InChI=1S/C11H24O/c1-8(2)7-11(6,12)10(5)9(3)4/h8-10,12H,7H2,1-6H3. The van der Waals surface area contributed by atoms with Gasteiger partial charge in [-0.05, 0) is 31.1 Å². The fourth-order valence-corrected chi connectivity index (χ4v) is 1.73. The summed E-state index contributed by atoms with van der Waals surface area (Å²) in [6.07, 6.45) is 0.895. The Morgan fingerprint density at radius 3 is 1.75 bits per heavy atom. The van der Waals surface area contributed by atoms with E-state index in [1.165, 1.54) is 0 Å². The van der Waals surface area contributed by atoms with Crippen molar-refractivity contribution in [2.24, 2.45) is 17.8 Å². The van der Waals surface area contributed by atoms with Gasteiger partial charge in [-0.2, -0.15) is 0 Å². The molecule has 0 aromatic heterocycles. The van der Waals surface area contributed by atoms with Gasteiger partial charge in [-0.25, -0.2) is 0 Å². The molecule has 0 aliphatic heterocycles. The van der Waals surface area contributed by atoms with Crippen LogP contribution in [0.2, 0.25) is 0 Å². The van der Waals surface area contributed by atoms with Crippen LogP contribution >= 0.6 is 0 Å². The van der Waals surface area contributed by atoms with Gasteiger partial charge in [-0.15, -0.1) is 0 Å². The van der Waals surface area contributed by atoms with Gasteiger partial charge in [0.05, 0.1) is 5.60 Å². The normalized spacial score (nSPS) is 19.8. The van der Waals surface area contributed by atoms with Crippen LogP contribution in [0, 0.1) is 17.8 Å². The Labute approximate surface area is 77.2 Å². The molecule has 0 aliphatic carbocycles. The van der Waals surface area contributed by atoms with Crippen molar-refractivity contribution < 1.29 is 5.11 Å². The molecule has 12 heavy (non-hydrogen) atoms. The third kappa shape index (κ3) is 3.57. The average molecular weight is 172 g/mol. The fourth-order valence-electron chi connectivity index (χ4n) is 1.73. The van der Waals surface area contributed by atoms with Gasteiger partial charge in [-0.3, -0.25) is 0 Å². The summed E-state index contributed by atoms with van der Waals surface area (Å²) in [5.74, 6) is 1.50. The number of aliphatic hydroxyl groups is 1. The molecule has 2 atom stereocenters. The van der Waals surface area contributed by atoms with E-state index in [-0.39, 0.29) is 0 Å². The van der Waals surface area contributed by atoms with E-state index in [1.807, 2.05) is 6.92 Å². The highest BCUT2D eigenvalue weighted by Crippen LogP contribution is 2.29. The predicted octanol–water partition coefficient (Wildman–Crippen LogP) is 3.08. The van der Waals surface area contributed by atoms with E-state index in [0.29, 0.717) is 17.8 Å². The first-order valence-electron chi connectivity index (χ1n) is 4.99. The summed E-state index contributed by atoms with van der Waals surface area (Å²) in [6.45, 7) is 12.7. The van der Waals surface area contributed by atoms with Crippen molar-refractivity contribution in [3.05, 3.63) is 0 Å². The molecule has 2 unspecified atom stereocenters. The van der Waals surface area contributed by atoms with E-state index in [0.717, 1.165) is 6.42 Å². The van der Waals surface area contributed by atoms with E-state index in [1.54, 1.807) is 0 Å². The van der Waals surface area contributed by atoms with Crippen molar-refractivity contribution in [1.29, 1.82) is 0 Å². The first-order valence-corrected chi connectivity index (χ1v) is 4.99. The molecule has 1 heteroatoms. The van der Waals surface area contributed by atoms with Crippen LogP contribution in [0.1, 0.15) is 48.0 Å². The van der Waals surface area contributed by atoms with Crippen molar-refractivity contribution in [2.45, 2.75) is 53.6 Å². The molecule has 1 nitrogen and oxygen atoms in total. The zero-order chi connectivity index (χ0) is 9.94. The van der Waals surface area contributed by atoms with E-state index in [9.17, 15) is 5.11 Å². The van der Waals surface area contributed by atoms with Crippen LogP contribution in [-0.2, 0) is 0 Å². The second kappa shape index (κ2) is 4.27. The molecule has 74 valence electrons. The predicted molar refractivity (Wildman–Crippen MR) is 54.1 cm³/mol. The van der Waals surface area contributed by atoms with Crippen LogP contribution in [0.5, 0.6) is 0 Å². The van der Waals surface area contributed by atoms with Crippen molar-refractivity contribution in [1.82, 2.24) is 0 Å². The maximum atomic E-state index is 10.1. The SMILES string of the molecule is CC(C)CC(C)(O)C(C)C(C)C. The molecule has 0 saturated carbocycles. The lowest BCUT2D eigenvalue weighted by molar-refractivity contribution is -0.0290. The molecule has 0 heterocycles. The molecule has 1 N–H and O–H groups in total. The molecule has 0 radical (unpaired) electrons. The highest BCUT2D eigenvalue weighted by molar-refractivity contribution is 4.81. The lowest BCUT2D eigenvalue weighted by atomic mass is 9.78. The number of rotatable bonds is 4. The summed E-state index contributed by atoms with van der Waals surface area (Å²) in [7, 11) is 0. The largest absolute Gasteiger partial charge is 0.390 e. The van der Waals surface area contributed by atoms with Crippen molar-refractivity contribution in [3.8, 4) is 0 Å². The van der Waals surface area contributed by atoms with Crippen LogP contribution in [0.25, 0.3) is 0 Å². The molecule has 0 amide bonds. The highest BCUT2D eigenvalue weighted by atomic mass is 16.3. The summed E-state index contributed by atoms with van der Waals surface area (Å²) in [6, 6.07) is 0. The monoisotopic (exact) mass is 172 g/mol. The van der Waals surface area contributed by atoms with Crippen LogP contribution in [0.3, 0.4) is 0 Å². The smallest absolute Gasteiger partial charge is 0.0650 e. The molecule has 0 fully saturated rings. The Hall–Kier alpha value is -0.0400. The summed E-state index contributed by atoms with van der Waals surface area (Å²) in [5, 5.41) is 10.1. The summed E-state index contributed by atoms with van der Waals surface area (Å²) in [4.78, 5) is 0. The van der Waals surface area contributed by atoms with Crippen molar-refractivity contribution in [3.63, 3.8) is 0 Å². The molecule has 0 saturated heterocycles. The number of hydrogen-bond donors (Lipinski definition) is 1. The first kappa shape index (κ1) is 12.0. The third-order valence-corrected chi connectivity index (χ3v) is 2.80. The minimum atomic E-state index is -0.498. The highest BCUT2D eigenvalue weighted by Gasteiger charge is 2.30. The van der Waals surface area contributed by atoms with E-state index in [2.05, 4.69) is 34.6 Å². The molecule has 0 rings (SSSR count). The Morgan fingerprint density at radius 2 is 1.50 bits per heavy atom. The quantitative estimate of drug-likeness (QED) is 0.691. The Morgan fingerprint density at radius 1 is 1.08 bits per heavy atom. The lowest BCUT2D eigenvalue weighted by Crippen LogP contribution is -2.37. The van der Waals surface area contributed by atoms with Gasteiger partial charge >= 0.3 is 0 Å². The minimum Gasteiger partial charge on any atom is -0.390 e. The van der Waals surface area contributed by atoms with Gasteiger partial charge < -0.3 is 5.11 Å². The molecular weight excluding hydrogens is 148 g/mol. The zero-order valence-corrected chi connectivity index (χ0v) is 9.39. The molecule has 0 bridgehead atoms. The topological polar surface area (TPSA) is 20.2 Å². The average Bonchev–Trinajstić information content (AvgIpc) is 1.82. The van der Waals surface area contributed by atoms with E-state index in [4.69, 9.17) is 0 Å². The van der Waals surface area contributed by atoms with Crippen molar-refractivity contribution >= 4 is 0 Å². The van der Waals surface area contributed by atoms with Crippen molar-refractivity contribution in [2.75, 3.05) is 0 Å². The maximum Gasteiger partial charge on any atom is 0.0650 e. The second-order valence-electron chi connectivity index (χ2n) is 4.99. The Balaban J connectivity index is 4.18. The molecule has 0 aromatic rings. The minimum absolute atomic E-state index is 0.375.